The molecule has 0 amide bonds. The average molecular weight is 267 g/mol. The van der Waals surface area contributed by atoms with Crippen molar-refractivity contribution >= 4 is 10.9 Å². The van der Waals surface area contributed by atoms with Crippen LogP contribution in [0, 0.1) is 0 Å². The zero-order valence-electron chi connectivity index (χ0n) is 11.5. The van der Waals surface area contributed by atoms with E-state index in [0.29, 0.717) is 6.54 Å². The van der Waals surface area contributed by atoms with Crippen molar-refractivity contribution in [2.24, 2.45) is 0 Å². The number of benzene rings is 1. The quantitative estimate of drug-likeness (QED) is 0.768. The lowest BCUT2D eigenvalue weighted by Crippen LogP contribution is -2.11. The molecule has 0 aliphatic heterocycles. The van der Waals surface area contributed by atoms with Crippen molar-refractivity contribution in [3.8, 4) is 0 Å². The van der Waals surface area contributed by atoms with Crippen molar-refractivity contribution in [3.05, 3.63) is 54.0 Å². The van der Waals surface area contributed by atoms with Gasteiger partial charge in [-0.05, 0) is 18.7 Å². The van der Waals surface area contributed by atoms with Crippen LogP contribution in [0.25, 0.3) is 10.9 Å². The Bertz CT molecular complexity index is 704. The Hall–Kier alpha value is -2.27. The summed E-state index contributed by atoms with van der Waals surface area (Å²) in [6.07, 6.45) is 1.96. The maximum atomic E-state index is 4.64. The first-order chi connectivity index (χ1) is 9.85. The van der Waals surface area contributed by atoms with Crippen molar-refractivity contribution in [2.45, 2.75) is 20.0 Å². The Morgan fingerprint density at radius 2 is 2.00 bits per heavy atom. The van der Waals surface area contributed by atoms with Gasteiger partial charge in [-0.1, -0.05) is 36.4 Å². The van der Waals surface area contributed by atoms with Crippen molar-refractivity contribution in [2.75, 3.05) is 6.54 Å². The fourth-order valence-corrected chi connectivity index (χ4v) is 2.11. The highest BCUT2D eigenvalue weighted by Gasteiger charge is 2.03. The molecule has 1 aromatic carbocycles. The second kappa shape index (κ2) is 5.79. The standard InChI is InChI=1S/C15H17N5/c1-2-16-9-14-11-20(19-18-14)10-13-8-7-12-5-3-4-6-15(12)17-13/h3-8,11,16H,2,9-10H2,1H3. The molecule has 3 aromatic rings. The SMILES string of the molecule is CCNCc1cn(Cc2ccc3ccccc3n2)nn1. The molecule has 20 heavy (non-hydrogen) atoms. The third-order valence-corrected chi connectivity index (χ3v) is 3.12. The van der Waals surface area contributed by atoms with Crippen LogP contribution in [0.4, 0.5) is 0 Å². The summed E-state index contributed by atoms with van der Waals surface area (Å²) < 4.78 is 1.82. The zero-order valence-corrected chi connectivity index (χ0v) is 11.5. The summed E-state index contributed by atoms with van der Waals surface area (Å²) in [5.74, 6) is 0. The molecular weight excluding hydrogens is 250 g/mol. The van der Waals surface area contributed by atoms with Gasteiger partial charge in [-0.15, -0.1) is 5.10 Å². The van der Waals surface area contributed by atoms with Crippen LogP contribution in [0.3, 0.4) is 0 Å². The van der Waals surface area contributed by atoms with Crippen molar-refractivity contribution in [1.29, 1.82) is 0 Å². The lowest BCUT2D eigenvalue weighted by atomic mass is 10.2. The fourth-order valence-electron chi connectivity index (χ4n) is 2.11. The predicted octanol–water partition coefficient (Wildman–Crippen LogP) is 1.98. The van der Waals surface area contributed by atoms with Gasteiger partial charge in [0.15, 0.2) is 0 Å². The van der Waals surface area contributed by atoms with Gasteiger partial charge in [0.25, 0.3) is 0 Å². The Labute approximate surface area is 117 Å². The molecule has 0 unspecified atom stereocenters. The molecule has 0 fully saturated rings. The Morgan fingerprint density at radius 1 is 1.10 bits per heavy atom. The summed E-state index contributed by atoms with van der Waals surface area (Å²) in [6, 6.07) is 12.2. The molecule has 0 aliphatic rings. The molecule has 2 aromatic heterocycles. The van der Waals surface area contributed by atoms with Gasteiger partial charge < -0.3 is 5.32 Å². The molecular formula is C15H17N5. The van der Waals surface area contributed by atoms with Crippen LogP contribution in [0.2, 0.25) is 0 Å². The predicted molar refractivity (Wildman–Crippen MR) is 78.2 cm³/mol. The van der Waals surface area contributed by atoms with Gasteiger partial charge in [0.2, 0.25) is 0 Å². The minimum absolute atomic E-state index is 0.643. The van der Waals surface area contributed by atoms with Crippen LogP contribution in [0.5, 0.6) is 0 Å². The van der Waals surface area contributed by atoms with E-state index in [9.17, 15) is 0 Å². The molecule has 0 spiro atoms. The summed E-state index contributed by atoms with van der Waals surface area (Å²) in [7, 11) is 0. The fraction of sp³-hybridized carbons (Fsp3) is 0.267. The number of hydrogen-bond acceptors (Lipinski definition) is 4. The summed E-state index contributed by atoms with van der Waals surface area (Å²) in [5, 5.41) is 12.7. The molecule has 102 valence electrons. The van der Waals surface area contributed by atoms with Gasteiger partial charge >= 0.3 is 0 Å². The van der Waals surface area contributed by atoms with E-state index in [4.69, 9.17) is 0 Å². The topological polar surface area (TPSA) is 55.6 Å². The van der Waals surface area contributed by atoms with E-state index in [-0.39, 0.29) is 0 Å². The molecule has 3 rings (SSSR count). The summed E-state index contributed by atoms with van der Waals surface area (Å²) >= 11 is 0. The van der Waals surface area contributed by atoms with E-state index in [1.807, 2.05) is 35.1 Å². The van der Waals surface area contributed by atoms with Crippen LogP contribution >= 0.6 is 0 Å². The number of aromatic nitrogens is 4. The molecule has 1 N–H and O–H groups in total. The summed E-state index contributed by atoms with van der Waals surface area (Å²) in [6.45, 7) is 4.40. The van der Waals surface area contributed by atoms with E-state index < -0.39 is 0 Å². The van der Waals surface area contributed by atoms with E-state index in [2.05, 4.69) is 39.7 Å². The molecule has 5 heteroatoms. The van der Waals surface area contributed by atoms with Crippen molar-refractivity contribution in [3.63, 3.8) is 0 Å². The van der Waals surface area contributed by atoms with Gasteiger partial charge in [0.05, 0.1) is 29.6 Å². The first kappa shape index (κ1) is 12.7. The summed E-state index contributed by atoms with van der Waals surface area (Å²) in [5.41, 5.74) is 2.95. The van der Waals surface area contributed by atoms with E-state index in [0.717, 1.165) is 35.4 Å². The average Bonchev–Trinajstić information content (AvgIpc) is 2.92. The third-order valence-electron chi connectivity index (χ3n) is 3.12. The minimum atomic E-state index is 0.643. The van der Waals surface area contributed by atoms with Crippen LogP contribution in [0.1, 0.15) is 18.3 Å². The Kier molecular flexibility index (Phi) is 3.69. The molecule has 0 saturated carbocycles. The maximum absolute atomic E-state index is 4.64. The monoisotopic (exact) mass is 267 g/mol. The lowest BCUT2D eigenvalue weighted by molar-refractivity contribution is 0.639. The Morgan fingerprint density at radius 3 is 2.90 bits per heavy atom. The highest BCUT2D eigenvalue weighted by molar-refractivity contribution is 5.78. The number of nitrogens with zero attached hydrogens (tertiary/aromatic N) is 4. The van der Waals surface area contributed by atoms with E-state index >= 15 is 0 Å². The first-order valence-corrected chi connectivity index (χ1v) is 6.79. The van der Waals surface area contributed by atoms with Gasteiger partial charge in [0, 0.05) is 11.9 Å². The van der Waals surface area contributed by atoms with Crippen molar-refractivity contribution < 1.29 is 0 Å². The second-order valence-electron chi connectivity index (χ2n) is 4.68. The van der Waals surface area contributed by atoms with Crippen LogP contribution in [-0.2, 0) is 13.1 Å². The molecule has 0 atom stereocenters. The largest absolute Gasteiger partial charge is 0.311 e. The van der Waals surface area contributed by atoms with Gasteiger partial charge in [-0.25, -0.2) is 4.68 Å². The number of hydrogen-bond donors (Lipinski definition) is 1. The van der Waals surface area contributed by atoms with E-state index in [1.54, 1.807) is 0 Å². The molecule has 5 nitrogen and oxygen atoms in total. The van der Waals surface area contributed by atoms with Crippen LogP contribution in [0.15, 0.2) is 42.6 Å². The summed E-state index contributed by atoms with van der Waals surface area (Å²) in [4.78, 5) is 4.64. The highest BCUT2D eigenvalue weighted by atomic mass is 15.4. The number of pyridine rings is 1. The number of fused-ring (bicyclic) bond motifs is 1. The number of para-hydroxylation sites is 1. The normalized spacial score (nSPS) is 11.1. The molecule has 0 aliphatic carbocycles. The third kappa shape index (κ3) is 2.83. The van der Waals surface area contributed by atoms with E-state index in [1.165, 1.54) is 0 Å². The lowest BCUT2D eigenvalue weighted by Gasteiger charge is -2.02. The molecule has 2 heterocycles. The maximum Gasteiger partial charge on any atom is 0.0964 e. The molecule has 0 bridgehead atoms. The smallest absolute Gasteiger partial charge is 0.0964 e. The molecule has 0 saturated heterocycles. The zero-order chi connectivity index (χ0) is 13.8. The van der Waals surface area contributed by atoms with Crippen molar-refractivity contribution in [1.82, 2.24) is 25.3 Å². The minimum Gasteiger partial charge on any atom is -0.311 e. The van der Waals surface area contributed by atoms with Gasteiger partial charge in [0.1, 0.15) is 0 Å². The second-order valence-corrected chi connectivity index (χ2v) is 4.68. The van der Waals surface area contributed by atoms with Crippen LogP contribution < -0.4 is 5.32 Å². The van der Waals surface area contributed by atoms with Gasteiger partial charge in [-0.2, -0.15) is 0 Å². The number of nitrogens with one attached hydrogen (secondary N) is 1. The van der Waals surface area contributed by atoms with Crippen LogP contribution in [-0.4, -0.2) is 26.5 Å². The highest BCUT2D eigenvalue weighted by Crippen LogP contribution is 2.12. The molecule has 0 radical (unpaired) electrons. The Balaban J connectivity index is 1.76. The number of rotatable bonds is 5. The first-order valence-electron chi connectivity index (χ1n) is 6.79. The van der Waals surface area contributed by atoms with Gasteiger partial charge in [-0.3, -0.25) is 4.98 Å².